The Hall–Kier alpha value is -1.88. The highest BCUT2D eigenvalue weighted by Gasteiger charge is 2.24. The molecule has 0 bridgehead atoms. The molecule has 2 unspecified atom stereocenters. The van der Waals surface area contributed by atoms with Crippen LogP contribution in [0.15, 0.2) is 35.3 Å². The molecule has 1 amide bonds. The van der Waals surface area contributed by atoms with E-state index < -0.39 is 6.10 Å². The summed E-state index contributed by atoms with van der Waals surface area (Å²) in [6.45, 7) is 2.84. The average molecular weight is 261 g/mol. The van der Waals surface area contributed by atoms with Crippen molar-refractivity contribution in [3.63, 3.8) is 0 Å². The molecule has 0 spiro atoms. The number of hydrogen-bond donors (Lipinski definition) is 2. The normalized spacial score (nSPS) is 19.5. The van der Waals surface area contributed by atoms with Crippen molar-refractivity contribution in [1.82, 2.24) is 10.2 Å². The fraction of sp³-hybridized carbons (Fsp3) is 0.429. The van der Waals surface area contributed by atoms with Crippen LogP contribution in [0.25, 0.3) is 0 Å². The number of nitrogens with one attached hydrogen (secondary N) is 1. The first kappa shape index (κ1) is 13.5. The summed E-state index contributed by atoms with van der Waals surface area (Å²) in [5.41, 5.74) is 0.803. The molecule has 2 atom stereocenters. The summed E-state index contributed by atoms with van der Waals surface area (Å²) in [5.74, 6) is 0.203. The lowest BCUT2D eigenvalue weighted by Gasteiger charge is -2.21. The zero-order valence-electron chi connectivity index (χ0n) is 11.2. The monoisotopic (exact) mass is 261 g/mol. The fourth-order valence-electron chi connectivity index (χ4n) is 1.99. The van der Waals surface area contributed by atoms with Crippen molar-refractivity contribution >= 4 is 11.7 Å². The molecule has 102 valence electrons. The van der Waals surface area contributed by atoms with E-state index in [4.69, 9.17) is 0 Å². The van der Waals surface area contributed by atoms with E-state index in [0.29, 0.717) is 12.4 Å². The maximum Gasteiger partial charge on any atom is 0.288 e. The Morgan fingerprint density at radius 3 is 2.79 bits per heavy atom. The minimum Gasteiger partial charge on any atom is -0.387 e. The van der Waals surface area contributed by atoms with E-state index in [0.717, 1.165) is 5.56 Å². The first-order valence-corrected chi connectivity index (χ1v) is 6.37. The minimum atomic E-state index is -0.686. The lowest BCUT2D eigenvalue weighted by molar-refractivity contribution is -0.124. The van der Waals surface area contributed by atoms with Gasteiger partial charge in [-0.05, 0) is 12.5 Å². The highest BCUT2D eigenvalue weighted by molar-refractivity contribution is 6.38. The van der Waals surface area contributed by atoms with Crippen LogP contribution in [0.2, 0.25) is 0 Å². The summed E-state index contributed by atoms with van der Waals surface area (Å²) in [6, 6.07) is 9.51. The summed E-state index contributed by atoms with van der Waals surface area (Å²) in [5, 5.41) is 13.1. The lowest BCUT2D eigenvalue weighted by Crippen LogP contribution is -2.42. The topological polar surface area (TPSA) is 64.9 Å². The number of nitrogens with zero attached hydrogens (tertiary/aromatic N) is 2. The third kappa shape index (κ3) is 3.32. The maximum atomic E-state index is 12.1. The van der Waals surface area contributed by atoms with Crippen molar-refractivity contribution in [2.45, 2.75) is 19.1 Å². The molecular formula is C14H19N3O2. The van der Waals surface area contributed by atoms with Gasteiger partial charge < -0.3 is 15.3 Å². The molecule has 1 aliphatic rings. The van der Waals surface area contributed by atoms with Crippen molar-refractivity contribution in [3.05, 3.63) is 35.9 Å². The molecule has 0 radical (unpaired) electrons. The molecule has 0 aliphatic carbocycles. The number of rotatable bonds is 4. The molecule has 19 heavy (non-hydrogen) atoms. The van der Waals surface area contributed by atoms with Gasteiger partial charge in [0.2, 0.25) is 0 Å². The van der Waals surface area contributed by atoms with E-state index in [9.17, 15) is 9.90 Å². The summed E-state index contributed by atoms with van der Waals surface area (Å²) < 4.78 is 0. The second-order valence-corrected chi connectivity index (χ2v) is 4.85. The number of benzene rings is 1. The van der Waals surface area contributed by atoms with Gasteiger partial charge in [-0.25, -0.2) is 0 Å². The zero-order valence-corrected chi connectivity index (χ0v) is 11.2. The Kier molecular flexibility index (Phi) is 4.16. The predicted molar refractivity (Wildman–Crippen MR) is 73.9 cm³/mol. The van der Waals surface area contributed by atoms with Gasteiger partial charge in [-0.1, -0.05) is 30.3 Å². The first-order valence-electron chi connectivity index (χ1n) is 6.37. The SMILES string of the molecule is CC1CN=C(C(=O)N(C)CC(O)c2ccccc2)N1. The van der Waals surface area contributed by atoms with E-state index in [1.165, 1.54) is 4.90 Å². The highest BCUT2D eigenvalue weighted by atomic mass is 16.3. The van der Waals surface area contributed by atoms with E-state index in [2.05, 4.69) is 10.3 Å². The van der Waals surface area contributed by atoms with Crippen molar-refractivity contribution in [1.29, 1.82) is 0 Å². The Bertz CT molecular complexity index is 473. The van der Waals surface area contributed by atoms with Crippen molar-refractivity contribution in [2.75, 3.05) is 20.1 Å². The Morgan fingerprint density at radius 1 is 1.53 bits per heavy atom. The molecule has 2 N–H and O–H groups in total. The van der Waals surface area contributed by atoms with Gasteiger partial charge in [0.25, 0.3) is 5.91 Å². The molecule has 0 fully saturated rings. The Morgan fingerprint density at radius 2 is 2.21 bits per heavy atom. The second kappa shape index (κ2) is 5.84. The van der Waals surface area contributed by atoms with Crippen LogP contribution in [0.4, 0.5) is 0 Å². The van der Waals surface area contributed by atoms with Gasteiger partial charge in [-0.3, -0.25) is 9.79 Å². The Labute approximate surface area is 113 Å². The number of aliphatic hydroxyl groups is 1. The van der Waals surface area contributed by atoms with E-state index >= 15 is 0 Å². The highest BCUT2D eigenvalue weighted by Crippen LogP contribution is 2.13. The van der Waals surface area contributed by atoms with Crippen LogP contribution in [0.1, 0.15) is 18.6 Å². The van der Waals surface area contributed by atoms with E-state index in [1.54, 1.807) is 7.05 Å². The number of hydrogen-bond acceptors (Lipinski definition) is 4. The van der Waals surface area contributed by atoms with Crippen LogP contribution in [-0.2, 0) is 4.79 Å². The van der Waals surface area contributed by atoms with Gasteiger partial charge in [0, 0.05) is 13.1 Å². The van der Waals surface area contributed by atoms with Gasteiger partial charge in [0.15, 0.2) is 5.84 Å². The molecule has 1 aliphatic heterocycles. The van der Waals surface area contributed by atoms with Gasteiger partial charge in [0.05, 0.1) is 19.2 Å². The van der Waals surface area contributed by atoms with Crippen LogP contribution >= 0.6 is 0 Å². The van der Waals surface area contributed by atoms with Crippen LogP contribution in [-0.4, -0.2) is 47.9 Å². The zero-order chi connectivity index (χ0) is 13.8. The molecule has 5 heteroatoms. The maximum absolute atomic E-state index is 12.1. The third-order valence-electron chi connectivity index (χ3n) is 3.09. The molecule has 5 nitrogen and oxygen atoms in total. The largest absolute Gasteiger partial charge is 0.387 e. The number of aliphatic hydroxyl groups excluding tert-OH is 1. The molecule has 1 aromatic carbocycles. The number of amidine groups is 1. The molecule has 0 aromatic heterocycles. The fourth-order valence-corrected chi connectivity index (χ4v) is 1.99. The summed E-state index contributed by atoms with van der Waals surface area (Å²) >= 11 is 0. The Balaban J connectivity index is 1.94. The summed E-state index contributed by atoms with van der Waals surface area (Å²) in [4.78, 5) is 17.7. The average Bonchev–Trinajstić information content (AvgIpc) is 2.85. The molecular weight excluding hydrogens is 242 g/mol. The van der Waals surface area contributed by atoms with Crippen molar-refractivity contribution in [2.24, 2.45) is 4.99 Å². The smallest absolute Gasteiger partial charge is 0.288 e. The number of amides is 1. The standard InChI is InChI=1S/C14H19N3O2/c1-10-8-15-13(16-10)14(19)17(2)9-12(18)11-6-4-3-5-7-11/h3-7,10,12,18H,8-9H2,1-2H3,(H,15,16). The summed E-state index contributed by atoms with van der Waals surface area (Å²) in [7, 11) is 1.67. The van der Waals surface area contributed by atoms with Crippen LogP contribution in [0, 0.1) is 0 Å². The van der Waals surface area contributed by atoms with Crippen molar-refractivity contribution < 1.29 is 9.90 Å². The first-order chi connectivity index (χ1) is 9.08. The quantitative estimate of drug-likeness (QED) is 0.832. The molecule has 0 saturated carbocycles. The van der Waals surface area contributed by atoms with Gasteiger partial charge in [-0.15, -0.1) is 0 Å². The number of likely N-dealkylation sites (N-methyl/N-ethyl adjacent to an activating group) is 1. The van der Waals surface area contributed by atoms with Crippen LogP contribution in [0.3, 0.4) is 0 Å². The molecule has 1 aromatic rings. The molecule has 2 rings (SSSR count). The van der Waals surface area contributed by atoms with E-state index in [1.807, 2.05) is 37.3 Å². The lowest BCUT2D eigenvalue weighted by atomic mass is 10.1. The van der Waals surface area contributed by atoms with Crippen LogP contribution < -0.4 is 5.32 Å². The predicted octanol–water partition coefficient (Wildman–Crippen LogP) is 0.569. The third-order valence-corrected chi connectivity index (χ3v) is 3.09. The van der Waals surface area contributed by atoms with E-state index in [-0.39, 0.29) is 18.5 Å². The van der Waals surface area contributed by atoms with Gasteiger partial charge in [-0.2, -0.15) is 0 Å². The minimum absolute atomic E-state index is 0.181. The number of carbonyl (C=O) groups excluding carboxylic acids is 1. The van der Waals surface area contributed by atoms with Gasteiger partial charge in [0.1, 0.15) is 0 Å². The molecule has 0 saturated heterocycles. The summed E-state index contributed by atoms with van der Waals surface area (Å²) in [6.07, 6.45) is -0.686. The van der Waals surface area contributed by atoms with Crippen LogP contribution in [0.5, 0.6) is 0 Å². The number of aliphatic imine (C=N–C) groups is 1. The van der Waals surface area contributed by atoms with Crippen molar-refractivity contribution in [3.8, 4) is 0 Å². The second-order valence-electron chi connectivity index (χ2n) is 4.85. The molecule has 1 heterocycles. The number of carbonyl (C=O) groups is 1. The van der Waals surface area contributed by atoms with Gasteiger partial charge >= 0.3 is 0 Å².